The van der Waals surface area contributed by atoms with E-state index < -0.39 is 0 Å². The van der Waals surface area contributed by atoms with Crippen LogP contribution in [0, 0.1) is 5.92 Å². The minimum atomic E-state index is 0.360. The third-order valence-electron chi connectivity index (χ3n) is 4.83. The molecule has 3 rings (SSSR count). The molecule has 1 saturated heterocycles. The molecule has 1 aliphatic heterocycles. The summed E-state index contributed by atoms with van der Waals surface area (Å²) >= 11 is 0. The molecule has 6 nitrogen and oxygen atoms in total. The van der Waals surface area contributed by atoms with Crippen LogP contribution in [0.15, 0.2) is 24.5 Å². The standard InChI is InChI=1S/C18H28N6/c1-13(2)18-20-16(21-22-18)12-23(3)11-15-7-9-24(4)17(15)14-6-5-8-19-10-14/h5-6,8,10,13,15,17H,7,9,11-12H2,1-4H3,(H,20,21,22)/t15-,17-/m0/s1. The average Bonchev–Trinajstić information content (AvgIpc) is 3.15. The minimum Gasteiger partial charge on any atom is -0.299 e. The predicted octanol–water partition coefficient (Wildman–Crippen LogP) is 2.45. The van der Waals surface area contributed by atoms with Gasteiger partial charge in [-0.1, -0.05) is 19.9 Å². The van der Waals surface area contributed by atoms with E-state index in [2.05, 4.69) is 64.0 Å². The van der Waals surface area contributed by atoms with Crippen molar-refractivity contribution in [3.8, 4) is 0 Å². The summed E-state index contributed by atoms with van der Waals surface area (Å²) in [6.07, 6.45) is 5.06. The van der Waals surface area contributed by atoms with Gasteiger partial charge >= 0.3 is 0 Å². The average molecular weight is 328 g/mol. The van der Waals surface area contributed by atoms with E-state index >= 15 is 0 Å². The van der Waals surface area contributed by atoms with Gasteiger partial charge in [-0.05, 0) is 44.6 Å². The molecule has 2 aromatic heterocycles. The van der Waals surface area contributed by atoms with E-state index in [-0.39, 0.29) is 0 Å². The van der Waals surface area contributed by atoms with Gasteiger partial charge in [0, 0.05) is 30.9 Å². The van der Waals surface area contributed by atoms with E-state index in [0.717, 1.165) is 31.3 Å². The van der Waals surface area contributed by atoms with E-state index in [0.29, 0.717) is 17.9 Å². The first kappa shape index (κ1) is 17.0. The highest BCUT2D eigenvalue weighted by Gasteiger charge is 2.33. The number of hydrogen-bond acceptors (Lipinski definition) is 5. The first-order valence-corrected chi connectivity index (χ1v) is 8.74. The van der Waals surface area contributed by atoms with Crippen molar-refractivity contribution in [2.75, 3.05) is 27.2 Å². The third kappa shape index (κ3) is 3.82. The summed E-state index contributed by atoms with van der Waals surface area (Å²) in [5, 5.41) is 7.37. The van der Waals surface area contributed by atoms with Crippen molar-refractivity contribution in [2.24, 2.45) is 5.92 Å². The Labute approximate surface area is 144 Å². The molecule has 6 heteroatoms. The molecule has 0 bridgehead atoms. The van der Waals surface area contributed by atoms with Gasteiger partial charge in [0.1, 0.15) is 5.82 Å². The summed E-state index contributed by atoms with van der Waals surface area (Å²) in [5.74, 6) is 2.81. The van der Waals surface area contributed by atoms with Crippen LogP contribution in [0.3, 0.4) is 0 Å². The number of nitrogens with one attached hydrogen (secondary N) is 1. The second kappa shape index (κ2) is 7.40. The summed E-state index contributed by atoms with van der Waals surface area (Å²) in [7, 11) is 4.37. The molecule has 0 spiro atoms. The molecule has 2 atom stereocenters. The van der Waals surface area contributed by atoms with Crippen LogP contribution < -0.4 is 0 Å². The fourth-order valence-corrected chi connectivity index (χ4v) is 3.65. The normalized spacial score (nSPS) is 21.9. The largest absolute Gasteiger partial charge is 0.299 e. The lowest BCUT2D eigenvalue weighted by Gasteiger charge is -2.28. The number of likely N-dealkylation sites (tertiary alicyclic amines) is 1. The second-order valence-corrected chi connectivity index (χ2v) is 7.25. The second-order valence-electron chi connectivity index (χ2n) is 7.25. The van der Waals surface area contributed by atoms with Gasteiger partial charge in [-0.25, -0.2) is 4.98 Å². The Morgan fingerprint density at radius 1 is 1.42 bits per heavy atom. The van der Waals surface area contributed by atoms with Gasteiger partial charge < -0.3 is 0 Å². The Hall–Kier alpha value is -1.79. The lowest BCUT2D eigenvalue weighted by molar-refractivity contribution is 0.211. The molecule has 0 aliphatic carbocycles. The topological polar surface area (TPSA) is 60.9 Å². The fourth-order valence-electron chi connectivity index (χ4n) is 3.65. The number of rotatable bonds is 6. The summed E-state index contributed by atoms with van der Waals surface area (Å²) in [6, 6.07) is 4.67. The third-order valence-corrected chi connectivity index (χ3v) is 4.83. The smallest absolute Gasteiger partial charge is 0.153 e. The van der Waals surface area contributed by atoms with Crippen molar-refractivity contribution in [1.82, 2.24) is 30.0 Å². The predicted molar refractivity (Wildman–Crippen MR) is 94.5 cm³/mol. The van der Waals surface area contributed by atoms with Gasteiger partial charge in [0.2, 0.25) is 0 Å². The number of aromatic amines is 1. The Morgan fingerprint density at radius 3 is 2.92 bits per heavy atom. The highest BCUT2D eigenvalue weighted by molar-refractivity contribution is 5.17. The number of pyridine rings is 1. The van der Waals surface area contributed by atoms with Gasteiger partial charge in [0.15, 0.2) is 5.82 Å². The quantitative estimate of drug-likeness (QED) is 0.882. The highest BCUT2D eigenvalue weighted by atomic mass is 15.3. The zero-order valence-corrected chi connectivity index (χ0v) is 15.1. The monoisotopic (exact) mass is 328 g/mol. The maximum atomic E-state index is 4.59. The summed E-state index contributed by atoms with van der Waals surface area (Å²) < 4.78 is 0. The molecule has 0 saturated carbocycles. The number of H-pyrrole nitrogens is 1. The van der Waals surface area contributed by atoms with Gasteiger partial charge in [0.05, 0.1) is 6.54 Å². The van der Waals surface area contributed by atoms with Crippen molar-refractivity contribution in [3.05, 3.63) is 41.7 Å². The Balaban J connectivity index is 1.63. The number of nitrogens with zero attached hydrogens (tertiary/aromatic N) is 5. The molecule has 1 N–H and O–H groups in total. The van der Waals surface area contributed by atoms with Crippen LogP contribution >= 0.6 is 0 Å². The van der Waals surface area contributed by atoms with Crippen LogP contribution in [0.4, 0.5) is 0 Å². The molecule has 130 valence electrons. The first-order valence-electron chi connectivity index (χ1n) is 8.74. The van der Waals surface area contributed by atoms with Gasteiger partial charge in [-0.2, -0.15) is 5.10 Å². The van der Waals surface area contributed by atoms with E-state index in [1.54, 1.807) is 0 Å². The van der Waals surface area contributed by atoms with Crippen LogP contribution in [0.2, 0.25) is 0 Å². The molecule has 0 aromatic carbocycles. The first-order chi connectivity index (χ1) is 11.5. The van der Waals surface area contributed by atoms with Crippen molar-refractivity contribution < 1.29 is 0 Å². The van der Waals surface area contributed by atoms with Crippen molar-refractivity contribution in [2.45, 2.75) is 38.8 Å². The highest BCUT2D eigenvalue weighted by Crippen LogP contribution is 2.36. The van der Waals surface area contributed by atoms with Crippen LogP contribution in [0.25, 0.3) is 0 Å². The zero-order valence-electron chi connectivity index (χ0n) is 15.1. The summed E-state index contributed by atoms with van der Waals surface area (Å²) in [5.41, 5.74) is 1.32. The lowest BCUT2D eigenvalue weighted by atomic mass is 9.94. The molecule has 0 amide bonds. The fraction of sp³-hybridized carbons (Fsp3) is 0.611. The summed E-state index contributed by atoms with van der Waals surface area (Å²) in [6.45, 7) is 7.21. The molecular formula is C18H28N6. The molecule has 1 fully saturated rings. The molecule has 1 aliphatic rings. The van der Waals surface area contributed by atoms with Crippen LogP contribution in [0.5, 0.6) is 0 Å². The number of hydrogen-bond donors (Lipinski definition) is 1. The Kier molecular flexibility index (Phi) is 5.26. The van der Waals surface area contributed by atoms with E-state index in [1.807, 2.05) is 18.5 Å². The molecule has 0 radical (unpaired) electrons. The van der Waals surface area contributed by atoms with E-state index in [4.69, 9.17) is 0 Å². The maximum Gasteiger partial charge on any atom is 0.153 e. The molecule has 2 aromatic rings. The van der Waals surface area contributed by atoms with Crippen LogP contribution in [0.1, 0.15) is 49.4 Å². The molecular weight excluding hydrogens is 300 g/mol. The van der Waals surface area contributed by atoms with E-state index in [1.165, 1.54) is 12.0 Å². The van der Waals surface area contributed by atoms with Crippen molar-refractivity contribution >= 4 is 0 Å². The zero-order chi connectivity index (χ0) is 17.1. The molecule has 0 unspecified atom stereocenters. The maximum absolute atomic E-state index is 4.59. The Morgan fingerprint density at radius 2 is 2.25 bits per heavy atom. The number of aromatic nitrogens is 4. The van der Waals surface area contributed by atoms with Gasteiger partial charge in [-0.3, -0.25) is 19.9 Å². The van der Waals surface area contributed by atoms with Gasteiger partial charge in [-0.15, -0.1) is 0 Å². The summed E-state index contributed by atoms with van der Waals surface area (Å²) in [4.78, 5) is 13.7. The van der Waals surface area contributed by atoms with Crippen molar-refractivity contribution in [1.29, 1.82) is 0 Å². The van der Waals surface area contributed by atoms with Crippen LogP contribution in [-0.2, 0) is 6.54 Å². The van der Waals surface area contributed by atoms with E-state index in [9.17, 15) is 0 Å². The Bertz CT molecular complexity index is 638. The van der Waals surface area contributed by atoms with Crippen molar-refractivity contribution in [3.63, 3.8) is 0 Å². The SMILES string of the molecule is CC(C)c1n[nH]c(CN(C)C[C@@H]2CCN(C)[C@H]2c2cccnc2)n1. The van der Waals surface area contributed by atoms with Gasteiger partial charge in [0.25, 0.3) is 0 Å². The van der Waals surface area contributed by atoms with Crippen LogP contribution in [-0.4, -0.2) is 57.1 Å². The minimum absolute atomic E-state index is 0.360. The lowest BCUT2D eigenvalue weighted by Crippen LogP contribution is -2.30. The molecule has 3 heterocycles. The molecule has 24 heavy (non-hydrogen) atoms.